The molecule has 0 aliphatic rings. The van der Waals surface area contributed by atoms with Gasteiger partial charge in [0.25, 0.3) is 0 Å². The van der Waals surface area contributed by atoms with E-state index in [9.17, 15) is 4.79 Å². The first-order valence-corrected chi connectivity index (χ1v) is 5.09. The molecule has 0 fully saturated rings. The summed E-state index contributed by atoms with van der Waals surface area (Å²) in [6, 6.07) is 0. The van der Waals surface area contributed by atoms with E-state index in [0.717, 1.165) is 38.8 Å². The molecule has 0 spiro atoms. The van der Waals surface area contributed by atoms with Crippen LogP contribution in [0.25, 0.3) is 0 Å². The monoisotopic (exact) mass is 251 g/mol. The topological polar surface area (TPSA) is 20.3 Å². The van der Waals surface area contributed by atoms with Gasteiger partial charge in [0.05, 0.1) is 0 Å². The van der Waals surface area contributed by atoms with Crippen molar-refractivity contribution in [3.05, 3.63) is 0 Å². The van der Waals surface area contributed by atoms with E-state index < -0.39 is 0 Å². The first kappa shape index (κ1) is 15.7. The van der Waals surface area contributed by atoms with E-state index in [4.69, 9.17) is 0 Å². The molecule has 0 N–H and O–H groups in total. The van der Waals surface area contributed by atoms with E-state index in [2.05, 4.69) is 26.5 Å². The normalized spacial score (nSPS) is 9.08. The Balaban J connectivity index is 0. The van der Waals surface area contributed by atoms with Crippen molar-refractivity contribution in [2.45, 2.75) is 39.5 Å². The molecule has 0 unspecified atom stereocenters. The standard InChI is InChI=1S/C9H19NOS.Cu/c1-3-5-7-10(9(11)12)8-6-4-2;/h3-8H2,1-2H3,(H,11,12);/q;+1/p-1. The number of carbonyl (C=O) groups is 1. The van der Waals surface area contributed by atoms with Crippen LogP contribution in [0.1, 0.15) is 39.5 Å². The van der Waals surface area contributed by atoms with Crippen LogP contribution in [0.3, 0.4) is 0 Å². The van der Waals surface area contributed by atoms with E-state index in [1.807, 2.05) is 0 Å². The summed E-state index contributed by atoms with van der Waals surface area (Å²) < 4.78 is 0. The van der Waals surface area contributed by atoms with Gasteiger partial charge in [-0.3, -0.25) is 0 Å². The molecular weight excluding hydrogens is 234 g/mol. The minimum absolute atomic E-state index is 0. The molecule has 0 aliphatic carbocycles. The van der Waals surface area contributed by atoms with Crippen LogP contribution in [-0.4, -0.2) is 23.2 Å². The predicted octanol–water partition coefficient (Wildman–Crippen LogP) is 2.55. The Kier molecular flexibility index (Phi) is 12.4. The predicted molar refractivity (Wildman–Crippen MR) is 54.2 cm³/mol. The largest absolute Gasteiger partial charge is 1.00 e. The van der Waals surface area contributed by atoms with Crippen molar-refractivity contribution in [1.82, 2.24) is 4.90 Å². The molecule has 2 nitrogen and oxygen atoms in total. The maximum Gasteiger partial charge on any atom is 1.00 e. The Morgan fingerprint density at radius 3 is 1.77 bits per heavy atom. The van der Waals surface area contributed by atoms with Crippen molar-refractivity contribution in [1.29, 1.82) is 0 Å². The van der Waals surface area contributed by atoms with Gasteiger partial charge in [-0.1, -0.05) is 26.7 Å². The molecule has 0 rings (SSSR count). The van der Waals surface area contributed by atoms with Crippen molar-refractivity contribution < 1.29 is 21.9 Å². The minimum atomic E-state index is -0.197. The minimum Gasteiger partial charge on any atom is -0.719 e. The molecule has 0 bridgehead atoms. The second-order valence-electron chi connectivity index (χ2n) is 2.96. The number of unbranched alkanes of at least 4 members (excludes halogenated alkanes) is 2. The fraction of sp³-hybridized carbons (Fsp3) is 0.889. The number of carbonyl (C=O) groups excluding carboxylic acids is 1. The molecule has 0 aliphatic heterocycles. The van der Waals surface area contributed by atoms with Gasteiger partial charge in [-0.25, -0.2) is 0 Å². The SMILES string of the molecule is CCCCN(CCCC)C(=O)[S-].[Cu+]. The summed E-state index contributed by atoms with van der Waals surface area (Å²) in [7, 11) is 0. The van der Waals surface area contributed by atoms with Crippen LogP contribution in [0.2, 0.25) is 0 Å². The zero-order valence-electron chi connectivity index (χ0n) is 8.31. The Morgan fingerprint density at radius 1 is 1.15 bits per heavy atom. The summed E-state index contributed by atoms with van der Waals surface area (Å²) in [5, 5.41) is -0.197. The van der Waals surface area contributed by atoms with Crippen molar-refractivity contribution in [2.75, 3.05) is 13.1 Å². The summed E-state index contributed by atoms with van der Waals surface area (Å²) in [4.78, 5) is 12.7. The maximum absolute atomic E-state index is 10.9. The molecule has 1 amide bonds. The van der Waals surface area contributed by atoms with Crippen LogP contribution in [0.15, 0.2) is 0 Å². The number of hydrogen-bond donors (Lipinski definition) is 0. The average Bonchev–Trinajstić information content (AvgIpc) is 2.04. The first-order valence-electron chi connectivity index (χ1n) is 4.68. The zero-order valence-corrected chi connectivity index (χ0v) is 10.1. The van der Waals surface area contributed by atoms with Gasteiger partial charge in [0, 0.05) is 13.1 Å². The van der Waals surface area contributed by atoms with E-state index in [1.54, 1.807) is 4.90 Å². The summed E-state index contributed by atoms with van der Waals surface area (Å²) in [5.74, 6) is 0. The average molecular weight is 252 g/mol. The van der Waals surface area contributed by atoms with Crippen LogP contribution in [0.4, 0.5) is 4.79 Å². The number of hydrogen-bond acceptors (Lipinski definition) is 2. The van der Waals surface area contributed by atoms with Gasteiger partial charge in [-0.05, 0) is 12.8 Å². The first-order chi connectivity index (χ1) is 5.72. The molecule has 0 saturated carbocycles. The molecule has 0 heterocycles. The van der Waals surface area contributed by atoms with Gasteiger partial charge in [-0.2, -0.15) is 0 Å². The van der Waals surface area contributed by atoms with Crippen LogP contribution >= 0.6 is 0 Å². The van der Waals surface area contributed by atoms with Gasteiger partial charge in [0.1, 0.15) is 5.24 Å². The summed E-state index contributed by atoms with van der Waals surface area (Å²) in [6.45, 7) is 5.90. The van der Waals surface area contributed by atoms with Crippen LogP contribution < -0.4 is 0 Å². The molecular formula is C9H18CuNOS. The van der Waals surface area contributed by atoms with E-state index >= 15 is 0 Å². The van der Waals surface area contributed by atoms with E-state index in [0.29, 0.717) is 0 Å². The maximum atomic E-state index is 10.9. The van der Waals surface area contributed by atoms with E-state index in [1.165, 1.54) is 0 Å². The second kappa shape index (κ2) is 10.3. The number of nitrogens with zero attached hydrogens (tertiary/aromatic N) is 1. The van der Waals surface area contributed by atoms with Gasteiger partial charge in [0.2, 0.25) is 0 Å². The molecule has 0 aromatic rings. The fourth-order valence-electron chi connectivity index (χ4n) is 0.992. The molecule has 0 saturated heterocycles. The van der Waals surface area contributed by atoms with Crippen molar-refractivity contribution in [2.24, 2.45) is 0 Å². The molecule has 4 heteroatoms. The van der Waals surface area contributed by atoms with Gasteiger partial charge in [-0.15, -0.1) is 0 Å². The Bertz CT molecular complexity index is 125. The third kappa shape index (κ3) is 8.54. The van der Waals surface area contributed by atoms with Crippen molar-refractivity contribution >= 4 is 17.9 Å². The summed E-state index contributed by atoms with van der Waals surface area (Å²) in [5.41, 5.74) is 0. The third-order valence-electron chi connectivity index (χ3n) is 1.82. The van der Waals surface area contributed by atoms with Crippen LogP contribution in [0.5, 0.6) is 0 Å². The summed E-state index contributed by atoms with van der Waals surface area (Å²) in [6.07, 6.45) is 4.36. The van der Waals surface area contributed by atoms with Crippen LogP contribution in [-0.2, 0) is 29.7 Å². The second-order valence-corrected chi connectivity index (χ2v) is 3.31. The Morgan fingerprint density at radius 2 is 1.54 bits per heavy atom. The summed E-state index contributed by atoms with van der Waals surface area (Å²) >= 11 is 4.61. The quantitative estimate of drug-likeness (QED) is 0.534. The Labute approximate surface area is 97.3 Å². The van der Waals surface area contributed by atoms with Gasteiger partial charge >= 0.3 is 17.1 Å². The smallest absolute Gasteiger partial charge is 0.719 e. The Hall–Kier alpha value is 0.209. The zero-order chi connectivity index (χ0) is 9.40. The number of rotatable bonds is 6. The van der Waals surface area contributed by atoms with Gasteiger partial charge in [0.15, 0.2) is 0 Å². The molecule has 82 valence electrons. The molecule has 13 heavy (non-hydrogen) atoms. The third-order valence-corrected chi connectivity index (χ3v) is 2.08. The number of amides is 1. The fourth-order valence-corrected chi connectivity index (χ4v) is 1.17. The molecule has 0 aromatic carbocycles. The van der Waals surface area contributed by atoms with E-state index in [-0.39, 0.29) is 22.3 Å². The molecule has 0 aromatic heterocycles. The van der Waals surface area contributed by atoms with Crippen LogP contribution in [0, 0.1) is 0 Å². The molecule has 0 radical (unpaired) electrons. The van der Waals surface area contributed by atoms with Crippen molar-refractivity contribution in [3.63, 3.8) is 0 Å². The molecule has 0 atom stereocenters. The van der Waals surface area contributed by atoms with Crippen molar-refractivity contribution in [3.8, 4) is 0 Å². The van der Waals surface area contributed by atoms with Gasteiger partial charge < -0.3 is 22.3 Å².